The summed E-state index contributed by atoms with van der Waals surface area (Å²) >= 11 is 17.9. The summed E-state index contributed by atoms with van der Waals surface area (Å²) in [7, 11) is 0. The van der Waals surface area contributed by atoms with Gasteiger partial charge in [0.05, 0.1) is 22.9 Å². The first-order chi connectivity index (χ1) is 11.8. The van der Waals surface area contributed by atoms with E-state index in [1.807, 2.05) is 0 Å². The maximum atomic E-state index is 12.3. The minimum atomic E-state index is -0.997. The molecule has 0 radical (unpaired) electrons. The number of carboxylic acids is 1. The summed E-state index contributed by atoms with van der Waals surface area (Å²) in [6.45, 7) is 0. The second-order valence-corrected chi connectivity index (χ2v) is 6.80. The lowest BCUT2D eigenvalue weighted by Gasteiger charge is -2.18. The number of hydrogen-bond donors (Lipinski definition) is 2. The van der Waals surface area contributed by atoms with Gasteiger partial charge in [-0.3, -0.25) is 9.59 Å². The van der Waals surface area contributed by atoms with E-state index < -0.39 is 12.0 Å². The summed E-state index contributed by atoms with van der Waals surface area (Å²) in [4.78, 5) is 23.4. The topological polar surface area (TPSA) is 66.4 Å². The molecule has 0 aliphatic rings. The molecular weight excluding hydrogens is 385 g/mol. The third-order valence-corrected chi connectivity index (χ3v) is 4.67. The second-order valence-electron chi connectivity index (χ2n) is 5.58. The van der Waals surface area contributed by atoms with Crippen molar-refractivity contribution in [3.63, 3.8) is 0 Å². The van der Waals surface area contributed by atoms with Crippen molar-refractivity contribution in [3.05, 3.63) is 68.7 Å². The molecule has 0 fully saturated rings. The molecule has 0 aliphatic carbocycles. The Hall–Kier alpha value is -1.75. The lowest BCUT2D eigenvalue weighted by atomic mass is 10.0. The molecule has 2 rings (SSSR count). The van der Waals surface area contributed by atoms with Crippen molar-refractivity contribution in [1.29, 1.82) is 0 Å². The number of hydrogen-bond acceptors (Lipinski definition) is 2. The predicted octanol–water partition coefficient (Wildman–Crippen LogP) is 4.39. The van der Waals surface area contributed by atoms with E-state index in [0.29, 0.717) is 27.1 Å². The summed E-state index contributed by atoms with van der Waals surface area (Å²) in [5, 5.41) is 13.1. The fourth-order valence-electron chi connectivity index (χ4n) is 2.43. The second kappa shape index (κ2) is 9.09. The summed E-state index contributed by atoms with van der Waals surface area (Å²) in [6, 6.07) is 11.5. The summed E-state index contributed by atoms with van der Waals surface area (Å²) in [6.07, 6.45) is 0.211. The van der Waals surface area contributed by atoms with Crippen molar-refractivity contribution in [3.8, 4) is 0 Å². The normalized spacial score (nSPS) is 11.8. The average Bonchev–Trinajstić information content (AvgIpc) is 2.52. The van der Waals surface area contributed by atoms with Crippen LogP contribution in [0.25, 0.3) is 0 Å². The Morgan fingerprint density at radius 2 is 1.72 bits per heavy atom. The third kappa shape index (κ3) is 6.24. The molecule has 1 atom stereocenters. The first-order valence-corrected chi connectivity index (χ1v) is 8.67. The van der Waals surface area contributed by atoms with Crippen molar-refractivity contribution in [2.75, 3.05) is 0 Å². The Kier molecular flexibility index (Phi) is 7.12. The highest BCUT2D eigenvalue weighted by molar-refractivity contribution is 6.42. The molecule has 0 aromatic heterocycles. The van der Waals surface area contributed by atoms with Crippen LogP contribution in [-0.2, 0) is 22.4 Å². The zero-order chi connectivity index (χ0) is 18.4. The zero-order valence-electron chi connectivity index (χ0n) is 13.1. The summed E-state index contributed by atoms with van der Waals surface area (Å²) < 4.78 is 0. The molecule has 2 aromatic rings. The minimum absolute atomic E-state index is 0.0805. The van der Waals surface area contributed by atoms with E-state index in [4.69, 9.17) is 39.9 Å². The first-order valence-electron chi connectivity index (χ1n) is 7.53. The van der Waals surface area contributed by atoms with Gasteiger partial charge in [-0.05, 0) is 35.7 Å². The molecule has 2 aromatic carbocycles. The van der Waals surface area contributed by atoms with Gasteiger partial charge in [0.15, 0.2) is 0 Å². The molecule has 4 nitrogen and oxygen atoms in total. The van der Waals surface area contributed by atoms with Crippen LogP contribution in [0.5, 0.6) is 0 Å². The van der Waals surface area contributed by atoms with Gasteiger partial charge in [-0.25, -0.2) is 0 Å². The lowest BCUT2D eigenvalue weighted by Crippen LogP contribution is -2.39. The Morgan fingerprint density at radius 1 is 1.00 bits per heavy atom. The SMILES string of the molecule is O=C(O)C[C@H](Cc1ccc(Cl)c(Cl)c1)NC(=O)Cc1ccccc1Cl. The van der Waals surface area contributed by atoms with Crippen LogP contribution in [0.15, 0.2) is 42.5 Å². The van der Waals surface area contributed by atoms with Gasteiger partial charge in [-0.1, -0.05) is 59.1 Å². The molecule has 0 bridgehead atoms. The van der Waals surface area contributed by atoms with Gasteiger partial charge >= 0.3 is 5.97 Å². The van der Waals surface area contributed by atoms with Crippen molar-refractivity contribution in [2.24, 2.45) is 0 Å². The monoisotopic (exact) mass is 399 g/mol. The van der Waals surface area contributed by atoms with Crippen LogP contribution in [0.3, 0.4) is 0 Å². The number of carboxylic acid groups (broad SMARTS) is 1. The van der Waals surface area contributed by atoms with Gasteiger partial charge in [-0.2, -0.15) is 0 Å². The number of carbonyl (C=O) groups excluding carboxylic acids is 1. The summed E-state index contributed by atoms with van der Waals surface area (Å²) in [5.74, 6) is -1.29. The van der Waals surface area contributed by atoms with Crippen molar-refractivity contribution < 1.29 is 14.7 Å². The average molecular weight is 401 g/mol. The Balaban J connectivity index is 2.06. The zero-order valence-corrected chi connectivity index (χ0v) is 15.4. The number of aliphatic carboxylic acids is 1. The maximum Gasteiger partial charge on any atom is 0.305 e. The van der Waals surface area contributed by atoms with Gasteiger partial charge in [0, 0.05) is 11.1 Å². The largest absolute Gasteiger partial charge is 0.481 e. The number of benzene rings is 2. The minimum Gasteiger partial charge on any atom is -0.481 e. The highest BCUT2D eigenvalue weighted by Gasteiger charge is 2.18. The van der Waals surface area contributed by atoms with E-state index in [9.17, 15) is 9.59 Å². The molecule has 25 heavy (non-hydrogen) atoms. The molecular formula is C18H16Cl3NO3. The number of nitrogens with one attached hydrogen (secondary N) is 1. The van der Waals surface area contributed by atoms with Gasteiger partial charge < -0.3 is 10.4 Å². The van der Waals surface area contributed by atoms with Crippen LogP contribution in [0, 0.1) is 0 Å². The van der Waals surface area contributed by atoms with E-state index in [1.165, 1.54) is 0 Å². The number of rotatable bonds is 7. The Labute approximate surface area is 160 Å². The fourth-order valence-corrected chi connectivity index (χ4v) is 2.95. The molecule has 0 unspecified atom stereocenters. The Morgan fingerprint density at radius 3 is 2.36 bits per heavy atom. The van der Waals surface area contributed by atoms with Crippen molar-refractivity contribution in [2.45, 2.75) is 25.3 Å². The van der Waals surface area contributed by atoms with E-state index in [1.54, 1.807) is 42.5 Å². The van der Waals surface area contributed by atoms with E-state index in [2.05, 4.69) is 5.32 Å². The number of amides is 1. The molecule has 0 saturated carbocycles. The molecule has 2 N–H and O–H groups in total. The van der Waals surface area contributed by atoms with Gasteiger partial charge in [-0.15, -0.1) is 0 Å². The number of carbonyl (C=O) groups is 2. The van der Waals surface area contributed by atoms with E-state index in [0.717, 1.165) is 5.56 Å². The van der Waals surface area contributed by atoms with Crippen LogP contribution < -0.4 is 5.32 Å². The van der Waals surface area contributed by atoms with Gasteiger partial charge in [0.1, 0.15) is 0 Å². The standard InChI is InChI=1S/C18H16Cl3NO3/c19-14-4-2-1-3-12(14)9-17(23)22-13(10-18(24)25)7-11-5-6-15(20)16(21)8-11/h1-6,8,13H,7,9-10H2,(H,22,23)(H,24,25)/t13-/m0/s1. The van der Waals surface area contributed by atoms with Gasteiger partial charge in [0.2, 0.25) is 5.91 Å². The van der Waals surface area contributed by atoms with E-state index in [-0.39, 0.29) is 18.7 Å². The van der Waals surface area contributed by atoms with Crippen molar-refractivity contribution >= 4 is 46.7 Å². The quantitative estimate of drug-likeness (QED) is 0.724. The highest BCUT2D eigenvalue weighted by Crippen LogP contribution is 2.23. The Bertz CT molecular complexity index is 780. The number of halogens is 3. The molecule has 0 saturated heterocycles. The third-order valence-electron chi connectivity index (χ3n) is 3.56. The smallest absolute Gasteiger partial charge is 0.305 e. The molecule has 0 heterocycles. The first kappa shape index (κ1) is 19.6. The van der Waals surface area contributed by atoms with Gasteiger partial charge in [0.25, 0.3) is 0 Å². The fraction of sp³-hybridized carbons (Fsp3) is 0.222. The maximum absolute atomic E-state index is 12.3. The van der Waals surface area contributed by atoms with Crippen LogP contribution >= 0.6 is 34.8 Å². The predicted molar refractivity (Wildman–Crippen MR) is 99.5 cm³/mol. The lowest BCUT2D eigenvalue weighted by molar-refractivity contribution is -0.137. The van der Waals surface area contributed by atoms with E-state index >= 15 is 0 Å². The highest BCUT2D eigenvalue weighted by atomic mass is 35.5. The van der Waals surface area contributed by atoms with Crippen LogP contribution in [0.1, 0.15) is 17.5 Å². The molecule has 7 heteroatoms. The van der Waals surface area contributed by atoms with Crippen LogP contribution in [0.4, 0.5) is 0 Å². The summed E-state index contributed by atoms with van der Waals surface area (Å²) in [5.41, 5.74) is 1.48. The molecule has 1 amide bonds. The van der Waals surface area contributed by atoms with Crippen LogP contribution in [0.2, 0.25) is 15.1 Å². The molecule has 0 spiro atoms. The molecule has 132 valence electrons. The molecule has 0 aliphatic heterocycles. The van der Waals surface area contributed by atoms with Crippen molar-refractivity contribution in [1.82, 2.24) is 5.32 Å². The van der Waals surface area contributed by atoms with Crippen LogP contribution in [-0.4, -0.2) is 23.0 Å².